The number of hydrogen-bond donors (Lipinski definition) is 1. The molecule has 0 aromatic carbocycles. The van der Waals surface area contributed by atoms with Gasteiger partial charge in [0.05, 0.1) is 11.4 Å². The van der Waals surface area contributed by atoms with Crippen LogP contribution in [-0.2, 0) is 13.1 Å². The SMILES string of the molecule is CCNCc1cccc(CN2CCN(C)C(C)(C)C2)n1. The van der Waals surface area contributed by atoms with Crippen LogP contribution in [0.5, 0.6) is 0 Å². The van der Waals surface area contributed by atoms with Gasteiger partial charge >= 0.3 is 0 Å². The van der Waals surface area contributed by atoms with E-state index in [4.69, 9.17) is 4.98 Å². The molecule has 1 aromatic heterocycles. The van der Waals surface area contributed by atoms with Gasteiger partial charge in [-0.05, 0) is 39.6 Å². The summed E-state index contributed by atoms with van der Waals surface area (Å²) >= 11 is 0. The van der Waals surface area contributed by atoms with Crippen molar-refractivity contribution in [3.05, 3.63) is 29.6 Å². The molecule has 0 saturated carbocycles. The summed E-state index contributed by atoms with van der Waals surface area (Å²) in [4.78, 5) is 9.71. The monoisotopic (exact) mass is 276 g/mol. The van der Waals surface area contributed by atoms with Crippen molar-refractivity contribution in [1.29, 1.82) is 0 Å². The summed E-state index contributed by atoms with van der Waals surface area (Å²) in [6.45, 7) is 12.9. The Morgan fingerprint density at radius 1 is 1.25 bits per heavy atom. The van der Waals surface area contributed by atoms with Crippen LogP contribution < -0.4 is 5.32 Å². The predicted octanol–water partition coefficient (Wildman–Crippen LogP) is 1.72. The van der Waals surface area contributed by atoms with Gasteiger partial charge in [-0.3, -0.25) is 14.8 Å². The lowest BCUT2D eigenvalue weighted by Crippen LogP contribution is -2.57. The lowest BCUT2D eigenvalue weighted by molar-refractivity contribution is 0.0354. The van der Waals surface area contributed by atoms with E-state index in [1.165, 1.54) is 5.69 Å². The Kier molecular flexibility index (Phi) is 5.13. The first kappa shape index (κ1) is 15.4. The Morgan fingerprint density at radius 3 is 2.70 bits per heavy atom. The molecule has 2 rings (SSSR count). The molecule has 0 radical (unpaired) electrons. The zero-order chi connectivity index (χ0) is 14.6. The number of piperazine rings is 1. The zero-order valence-electron chi connectivity index (χ0n) is 13.3. The second-order valence-corrected chi connectivity index (χ2v) is 6.35. The van der Waals surface area contributed by atoms with Gasteiger partial charge in [0.2, 0.25) is 0 Å². The molecule has 0 spiro atoms. The molecule has 2 heterocycles. The van der Waals surface area contributed by atoms with Crippen molar-refractivity contribution in [2.75, 3.05) is 33.2 Å². The van der Waals surface area contributed by atoms with Crippen LogP contribution in [0.2, 0.25) is 0 Å². The zero-order valence-corrected chi connectivity index (χ0v) is 13.3. The Morgan fingerprint density at radius 2 is 2.00 bits per heavy atom. The Labute approximate surface area is 123 Å². The molecule has 1 fully saturated rings. The lowest BCUT2D eigenvalue weighted by Gasteiger charge is -2.45. The highest BCUT2D eigenvalue weighted by Gasteiger charge is 2.30. The standard InChI is InChI=1S/C16H28N4/c1-5-17-11-14-7-6-8-15(18-14)12-20-10-9-19(4)16(2,3)13-20/h6-8,17H,5,9-13H2,1-4H3. The maximum atomic E-state index is 4.75. The summed E-state index contributed by atoms with van der Waals surface area (Å²) in [5.74, 6) is 0. The van der Waals surface area contributed by atoms with Gasteiger partial charge in [-0.2, -0.15) is 0 Å². The van der Waals surface area contributed by atoms with E-state index in [0.717, 1.165) is 45.0 Å². The fourth-order valence-electron chi connectivity index (χ4n) is 2.67. The van der Waals surface area contributed by atoms with Crippen molar-refractivity contribution >= 4 is 0 Å². The van der Waals surface area contributed by atoms with Crippen molar-refractivity contribution < 1.29 is 0 Å². The minimum atomic E-state index is 0.250. The molecular formula is C16H28N4. The van der Waals surface area contributed by atoms with Crippen LogP contribution in [0.3, 0.4) is 0 Å². The van der Waals surface area contributed by atoms with Gasteiger partial charge in [-0.1, -0.05) is 13.0 Å². The van der Waals surface area contributed by atoms with Crippen LogP contribution in [-0.4, -0.2) is 53.5 Å². The van der Waals surface area contributed by atoms with E-state index in [2.05, 4.69) is 61.1 Å². The molecule has 1 aromatic rings. The maximum Gasteiger partial charge on any atom is 0.0547 e. The van der Waals surface area contributed by atoms with E-state index in [9.17, 15) is 0 Å². The number of nitrogens with one attached hydrogen (secondary N) is 1. The predicted molar refractivity (Wildman–Crippen MR) is 83.6 cm³/mol. The second kappa shape index (κ2) is 6.66. The normalized spacial score (nSPS) is 20.2. The summed E-state index contributed by atoms with van der Waals surface area (Å²) in [6.07, 6.45) is 0. The third kappa shape index (κ3) is 4.01. The molecule has 4 nitrogen and oxygen atoms in total. The highest BCUT2D eigenvalue weighted by Crippen LogP contribution is 2.20. The van der Waals surface area contributed by atoms with Gasteiger partial charge in [0.1, 0.15) is 0 Å². The molecule has 0 unspecified atom stereocenters. The van der Waals surface area contributed by atoms with Crippen molar-refractivity contribution in [3.8, 4) is 0 Å². The van der Waals surface area contributed by atoms with Gasteiger partial charge in [0, 0.05) is 38.3 Å². The average Bonchev–Trinajstić information content (AvgIpc) is 2.41. The smallest absolute Gasteiger partial charge is 0.0547 e. The molecule has 20 heavy (non-hydrogen) atoms. The fraction of sp³-hybridized carbons (Fsp3) is 0.688. The van der Waals surface area contributed by atoms with Crippen molar-refractivity contribution in [3.63, 3.8) is 0 Å². The minimum absolute atomic E-state index is 0.250. The van der Waals surface area contributed by atoms with Crippen LogP contribution in [0, 0.1) is 0 Å². The molecule has 1 saturated heterocycles. The average molecular weight is 276 g/mol. The second-order valence-electron chi connectivity index (χ2n) is 6.35. The number of rotatable bonds is 5. The van der Waals surface area contributed by atoms with Crippen molar-refractivity contribution in [1.82, 2.24) is 20.1 Å². The summed E-state index contributed by atoms with van der Waals surface area (Å²) < 4.78 is 0. The number of likely N-dealkylation sites (N-methyl/N-ethyl adjacent to an activating group) is 1. The number of nitrogens with zero attached hydrogens (tertiary/aromatic N) is 3. The number of hydrogen-bond acceptors (Lipinski definition) is 4. The number of aromatic nitrogens is 1. The largest absolute Gasteiger partial charge is 0.311 e. The summed E-state index contributed by atoms with van der Waals surface area (Å²) in [6, 6.07) is 6.36. The summed E-state index contributed by atoms with van der Waals surface area (Å²) in [5, 5.41) is 3.33. The molecule has 0 aliphatic carbocycles. The molecule has 0 amide bonds. The first-order valence-electron chi connectivity index (χ1n) is 7.60. The van der Waals surface area contributed by atoms with Gasteiger partial charge < -0.3 is 5.32 Å². The van der Waals surface area contributed by atoms with Crippen LogP contribution in [0.25, 0.3) is 0 Å². The molecule has 1 aliphatic heterocycles. The van der Waals surface area contributed by atoms with E-state index in [0.29, 0.717) is 0 Å². The molecule has 0 atom stereocenters. The topological polar surface area (TPSA) is 31.4 Å². The van der Waals surface area contributed by atoms with Crippen LogP contribution in [0.1, 0.15) is 32.2 Å². The van der Waals surface area contributed by atoms with Gasteiger partial charge in [0.15, 0.2) is 0 Å². The van der Waals surface area contributed by atoms with Crippen LogP contribution in [0.4, 0.5) is 0 Å². The van der Waals surface area contributed by atoms with Crippen molar-refractivity contribution in [2.24, 2.45) is 0 Å². The van der Waals surface area contributed by atoms with Crippen LogP contribution in [0.15, 0.2) is 18.2 Å². The van der Waals surface area contributed by atoms with E-state index in [-0.39, 0.29) is 5.54 Å². The van der Waals surface area contributed by atoms with Gasteiger partial charge in [-0.25, -0.2) is 0 Å². The number of pyridine rings is 1. The van der Waals surface area contributed by atoms with Gasteiger partial charge in [0.25, 0.3) is 0 Å². The summed E-state index contributed by atoms with van der Waals surface area (Å²) in [7, 11) is 2.21. The maximum absolute atomic E-state index is 4.75. The minimum Gasteiger partial charge on any atom is -0.311 e. The highest BCUT2D eigenvalue weighted by atomic mass is 15.3. The molecule has 1 aliphatic rings. The Balaban J connectivity index is 1.96. The van der Waals surface area contributed by atoms with E-state index in [1.807, 2.05) is 0 Å². The van der Waals surface area contributed by atoms with Crippen molar-refractivity contribution in [2.45, 2.75) is 39.4 Å². The molecule has 4 heteroatoms. The molecule has 1 N–H and O–H groups in total. The first-order valence-corrected chi connectivity index (χ1v) is 7.60. The lowest BCUT2D eigenvalue weighted by atomic mass is 9.99. The Bertz CT molecular complexity index is 430. The van der Waals surface area contributed by atoms with Gasteiger partial charge in [-0.15, -0.1) is 0 Å². The first-order chi connectivity index (χ1) is 9.51. The fourth-order valence-corrected chi connectivity index (χ4v) is 2.67. The quantitative estimate of drug-likeness (QED) is 0.887. The Hall–Kier alpha value is -0.970. The molecular weight excluding hydrogens is 248 g/mol. The van der Waals surface area contributed by atoms with E-state index in [1.54, 1.807) is 0 Å². The summed E-state index contributed by atoms with van der Waals surface area (Å²) in [5.41, 5.74) is 2.57. The highest BCUT2D eigenvalue weighted by molar-refractivity contribution is 5.11. The third-order valence-corrected chi connectivity index (χ3v) is 4.20. The van der Waals surface area contributed by atoms with E-state index < -0.39 is 0 Å². The third-order valence-electron chi connectivity index (χ3n) is 4.20. The van der Waals surface area contributed by atoms with Crippen LogP contribution >= 0.6 is 0 Å². The molecule has 0 bridgehead atoms. The molecule has 112 valence electrons. The van der Waals surface area contributed by atoms with E-state index >= 15 is 0 Å².